The first-order chi connectivity index (χ1) is 12.8. The normalized spacial score (nSPS) is 17.5. The summed E-state index contributed by atoms with van der Waals surface area (Å²) in [5, 5.41) is 11.3. The molecule has 2 heterocycles. The van der Waals surface area contributed by atoms with Crippen LogP contribution < -0.4 is 10.6 Å². The van der Waals surface area contributed by atoms with Gasteiger partial charge in [0.05, 0.1) is 25.8 Å². The number of likely N-dealkylation sites (N-methyl/N-ethyl adjacent to an activating group) is 1. The molecular formula is C19H35N5OS. The Bertz CT molecular complexity index is 498. The molecule has 1 unspecified atom stereocenters. The predicted octanol–water partition coefficient (Wildman–Crippen LogP) is 2.02. The van der Waals surface area contributed by atoms with Crippen LogP contribution in [0.1, 0.15) is 32.4 Å². The monoisotopic (exact) mass is 381 g/mol. The van der Waals surface area contributed by atoms with Gasteiger partial charge in [-0.25, -0.2) is 0 Å². The van der Waals surface area contributed by atoms with E-state index in [1.807, 2.05) is 0 Å². The van der Waals surface area contributed by atoms with Crippen LogP contribution in [0.4, 0.5) is 0 Å². The van der Waals surface area contributed by atoms with Gasteiger partial charge in [-0.05, 0) is 42.4 Å². The molecule has 1 aromatic heterocycles. The highest BCUT2D eigenvalue weighted by Gasteiger charge is 2.18. The molecule has 1 aliphatic rings. The van der Waals surface area contributed by atoms with Gasteiger partial charge in [0.15, 0.2) is 5.96 Å². The van der Waals surface area contributed by atoms with Crippen molar-refractivity contribution in [1.29, 1.82) is 0 Å². The number of hydrogen-bond donors (Lipinski definition) is 2. The topological polar surface area (TPSA) is 52.1 Å². The largest absolute Gasteiger partial charge is 0.379 e. The standard InChI is InChI=1S/C19H35N5OS/c1-4-20-19(21-8-9-23-10-12-25-13-11-23)22-15-18(24(5-2)6-3)17-7-14-26-16-17/h7,14,16,18H,4-6,8-13,15H2,1-3H3,(H2,20,21,22). The van der Waals surface area contributed by atoms with E-state index < -0.39 is 0 Å². The number of thiophene rings is 1. The number of rotatable bonds is 10. The summed E-state index contributed by atoms with van der Waals surface area (Å²) in [5.74, 6) is 0.910. The number of ether oxygens (including phenoxy) is 1. The highest BCUT2D eigenvalue weighted by Crippen LogP contribution is 2.23. The maximum Gasteiger partial charge on any atom is 0.191 e. The molecule has 1 saturated heterocycles. The number of nitrogens with one attached hydrogen (secondary N) is 2. The molecule has 148 valence electrons. The smallest absolute Gasteiger partial charge is 0.191 e. The van der Waals surface area contributed by atoms with Gasteiger partial charge in [-0.1, -0.05) is 13.8 Å². The van der Waals surface area contributed by atoms with Gasteiger partial charge in [0.25, 0.3) is 0 Å². The molecule has 0 spiro atoms. The van der Waals surface area contributed by atoms with Crippen molar-refractivity contribution < 1.29 is 4.74 Å². The maximum atomic E-state index is 5.41. The SMILES string of the molecule is CCNC(=NCC(c1ccsc1)N(CC)CC)NCCN1CCOCC1. The summed E-state index contributed by atoms with van der Waals surface area (Å²) >= 11 is 1.76. The van der Waals surface area contributed by atoms with Crippen LogP contribution in [-0.2, 0) is 4.74 Å². The van der Waals surface area contributed by atoms with Crippen LogP contribution in [0, 0.1) is 0 Å². The van der Waals surface area contributed by atoms with Crippen molar-refractivity contribution in [2.45, 2.75) is 26.8 Å². The van der Waals surface area contributed by atoms with Gasteiger partial charge in [0, 0.05) is 32.7 Å². The maximum absolute atomic E-state index is 5.41. The van der Waals surface area contributed by atoms with E-state index in [1.165, 1.54) is 5.56 Å². The van der Waals surface area contributed by atoms with Crippen LogP contribution in [0.25, 0.3) is 0 Å². The summed E-state index contributed by atoms with van der Waals surface area (Å²) in [6, 6.07) is 2.56. The van der Waals surface area contributed by atoms with E-state index in [9.17, 15) is 0 Å². The fourth-order valence-electron chi connectivity index (χ4n) is 3.24. The summed E-state index contributed by atoms with van der Waals surface area (Å²) in [7, 11) is 0. The Labute approximate surface area is 162 Å². The Hall–Kier alpha value is -1.15. The first-order valence-electron chi connectivity index (χ1n) is 9.86. The first kappa shape index (κ1) is 21.2. The molecular weight excluding hydrogens is 346 g/mol. The lowest BCUT2D eigenvalue weighted by molar-refractivity contribution is 0.0389. The summed E-state index contributed by atoms with van der Waals surface area (Å²) in [5.41, 5.74) is 1.37. The summed E-state index contributed by atoms with van der Waals surface area (Å²) < 4.78 is 5.41. The second-order valence-corrected chi connectivity index (χ2v) is 7.17. The molecule has 0 bridgehead atoms. The molecule has 6 nitrogen and oxygen atoms in total. The minimum absolute atomic E-state index is 0.339. The lowest BCUT2D eigenvalue weighted by Gasteiger charge is -2.28. The van der Waals surface area contributed by atoms with Crippen molar-refractivity contribution in [3.8, 4) is 0 Å². The average Bonchev–Trinajstić information content (AvgIpc) is 3.20. The lowest BCUT2D eigenvalue weighted by Crippen LogP contribution is -2.44. The number of hydrogen-bond acceptors (Lipinski definition) is 5. The molecule has 0 radical (unpaired) electrons. The third-order valence-corrected chi connectivity index (χ3v) is 5.47. The second kappa shape index (κ2) is 12.3. The van der Waals surface area contributed by atoms with Gasteiger partial charge < -0.3 is 15.4 Å². The van der Waals surface area contributed by atoms with Crippen molar-refractivity contribution in [3.05, 3.63) is 22.4 Å². The molecule has 0 amide bonds. The second-order valence-electron chi connectivity index (χ2n) is 6.39. The van der Waals surface area contributed by atoms with Crippen LogP contribution >= 0.6 is 11.3 Å². The Kier molecular flexibility index (Phi) is 9.99. The lowest BCUT2D eigenvalue weighted by atomic mass is 10.1. The van der Waals surface area contributed by atoms with Gasteiger partial charge in [0.2, 0.25) is 0 Å². The first-order valence-corrected chi connectivity index (χ1v) is 10.8. The number of nitrogens with zero attached hydrogens (tertiary/aromatic N) is 3. The van der Waals surface area contributed by atoms with Crippen LogP contribution in [-0.4, -0.2) is 81.3 Å². The fraction of sp³-hybridized carbons (Fsp3) is 0.737. The van der Waals surface area contributed by atoms with Gasteiger partial charge >= 0.3 is 0 Å². The Morgan fingerprint density at radius 2 is 2.04 bits per heavy atom. The molecule has 0 aliphatic carbocycles. The van der Waals surface area contributed by atoms with Crippen LogP contribution in [0.2, 0.25) is 0 Å². The molecule has 1 aromatic rings. The molecule has 1 fully saturated rings. The quantitative estimate of drug-likeness (QED) is 0.480. The van der Waals surface area contributed by atoms with Crippen molar-refractivity contribution in [1.82, 2.24) is 20.4 Å². The van der Waals surface area contributed by atoms with Crippen LogP contribution in [0.5, 0.6) is 0 Å². The molecule has 2 N–H and O–H groups in total. The number of morpholine rings is 1. The fourth-order valence-corrected chi connectivity index (χ4v) is 3.94. The minimum atomic E-state index is 0.339. The van der Waals surface area contributed by atoms with E-state index in [1.54, 1.807) is 11.3 Å². The Morgan fingerprint density at radius 1 is 1.27 bits per heavy atom. The highest BCUT2D eigenvalue weighted by atomic mass is 32.1. The molecule has 26 heavy (non-hydrogen) atoms. The van der Waals surface area contributed by atoms with Crippen molar-refractivity contribution in [2.75, 3.05) is 65.6 Å². The zero-order chi connectivity index (χ0) is 18.6. The minimum Gasteiger partial charge on any atom is -0.379 e. The van der Waals surface area contributed by atoms with Gasteiger partial charge in [-0.15, -0.1) is 0 Å². The molecule has 0 aromatic carbocycles. The van der Waals surface area contributed by atoms with Crippen LogP contribution in [0.3, 0.4) is 0 Å². The number of aliphatic imine (C=N–C) groups is 1. The third kappa shape index (κ3) is 6.87. The van der Waals surface area contributed by atoms with E-state index in [2.05, 4.69) is 58.0 Å². The van der Waals surface area contributed by atoms with E-state index >= 15 is 0 Å². The Morgan fingerprint density at radius 3 is 2.65 bits per heavy atom. The summed E-state index contributed by atoms with van der Waals surface area (Å²) in [4.78, 5) is 9.79. The molecule has 0 saturated carbocycles. The predicted molar refractivity (Wildman–Crippen MR) is 111 cm³/mol. The summed E-state index contributed by atoms with van der Waals surface area (Å²) in [6.45, 7) is 15.9. The van der Waals surface area contributed by atoms with Gasteiger partial charge in [-0.2, -0.15) is 11.3 Å². The molecule has 1 atom stereocenters. The van der Waals surface area contributed by atoms with Crippen molar-refractivity contribution >= 4 is 17.3 Å². The zero-order valence-electron chi connectivity index (χ0n) is 16.5. The van der Waals surface area contributed by atoms with E-state index in [0.29, 0.717) is 6.04 Å². The average molecular weight is 382 g/mol. The van der Waals surface area contributed by atoms with Crippen molar-refractivity contribution in [3.63, 3.8) is 0 Å². The van der Waals surface area contributed by atoms with E-state index in [0.717, 1.165) is 71.5 Å². The molecule has 2 rings (SSSR count). The van der Waals surface area contributed by atoms with E-state index in [-0.39, 0.29) is 0 Å². The highest BCUT2D eigenvalue weighted by molar-refractivity contribution is 7.07. The number of guanidine groups is 1. The Balaban J connectivity index is 1.91. The third-order valence-electron chi connectivity index (χ3n) is 4.77. The summed E-state index contributed by atoms with van der Waals surface area (Å²) in [6.07, 6.45) is 0. The van der Waals surface area contributed by atoms with Gasteiger partial charge in [-0.3, -0.25) is 14.8 Å². The van der Waals surface area contributed by atoms with Crippen molar-refractivity contribution in [2.24, 2.45) is 4.99 Å². The zero-order valence-corrected chi connectivity index (χ0v) is 17.4. The van der Waals surface area contributed by atoms with Crippen LogP contribution in [0.15, 0.2) is 21.8 Å². The molecule has 1 aliphatic heterocycles. The van der Waals surface area contributed by atoms with E-state index in [4.69, 9.17) is 9.73 Å². The molecule has 7 heteroatoms. The van der Waals surface area contributed by atoms with Gasteiger partial charge in [0.1, 0.15) is 0 Å².